The van der Waals surface area contributed by atoms with Crippen molar-refractivity contribution in [1.29, 1.82) is 5.26 Å². The summed E-state index contributed by atoms with van der Waals surface area (Å²) in [5.41, 5.74) is 13.2. The second-order valence-electron chi connectivity index (χ2n) is 11.0. The molecule has 0 aliphatic carbocycles. The van der Waals surface area contributed by atoms with Crippen LogP contribution in [-0.2, 0) is 13.2 Å². The summed E-state index contributed by atoms with van der Waals surface area (Å²) in [7, 11) is 0. The number of benzene rings is 3. The number of nitriles is 1. The Balaban J connectivity index is 1.20. The number of anilines is 1. The molecule has 0 saturated carbocycles. The first-order chi connectivity index (χ1) is 21.3. The molecule has 222 valence electrons. The van der Waals surface area contributed by atoms with Gasteiger partial charge in [-0.05, 0) is 66.8 Å². The Kier molecular flexibility index (Phi) is 8.20. The molecule has 3 aromatic carbocycles. The van der Waals surface area contributed by atoms with Crippen LogP contribution in [0.5, 0.6) is 11.5 Å². The molecule has 5 aromatic rings. The fourth-order valence-electron chi connectivity index (χ4n) is 5.52. The van der Waals surface area contributed by atoms with Crippen LogP contribution < -0.4 is 20.1 Å². The number of ether oxygens (including phenoxy) is 2. The van der Waals surface area contributed by atoms with Crippen LogP contribution in [0.1, 0.15) is 46.0 Å². The molecule has 2 atom stereocenters. The number of aromatic nitrogens is 2. The number of nitrogens with two attached hydrogens (primary N) is 1. The SMILES string of the molecule is Cc1c(COc2cc(OCc3cncc(C#N)c3)c(C=O)cc2Cl)cccc1-c1ccc2oc(N3C[C@@H](N)C[C@H]3C)nc2c1. The van der Waals surface area contributed by atoms with Gasteiger partial charge < -0.3 is 24.5 Å². The number of aldehydes is 1. The maximum absolute atomic E-state index is 11.7. The number of carbonyl (C=O) groups excluding carboxylic acids is 1. The molecule has 1 aliphatic heterocycles. The van der Waals surface area contributed by atoms with E-state index in [2.05, 4.69) is 35.9 Å². The summed E-state index contributed by atoms with van der Waals surface area (Å²) in [5.74, 6) is 0.700. The van der Waals surface area contributed by atoms with Gasteiger partial charge in [0.25, 0.3) is 6.01 Å². The lowest BCUT2D eigenvalue weighted by Gasteiger charge is -2.18. The fourth-order valence-corrected chi connectivity index (χ4v) is 5.75. The molecule has 9 nitrogen and oxygen atoms in total. The molecule has 1 fully saturated rings. The molecule has 1 aliphatic rings. The predicted molar refractivity (Wildman–Crippen MR) is 168 cm³/mol. The largest absolute Gasteiger partial charge is 0.488 e. The van der Waals surface area contributed by atoms with Crippen LogP contribution in [0.25, 0.3) is 22.2 Å². The number of hydrogen-bond acceptors (Lipinski definition) is 9. The zero-order valence-electron chi connectivity index (χ0n) is 24.3. The highest BCUT2D eigenvalue weighted by Crippen LogP contribution is 2.35. The van der Waals surface area contributed by atoms with E-state index in [4.69, 9.17) is 41.5 Å². The molecular formula is C34H30ClN5O4. The molecule has 0 radical (unpaired) electrons. The van der Waals surface area contributed by atoms with E-state index in [0.717, 1.165) is 46.3 Å². The third kappa shape index (κ3) is 5.95. The monoisotopic (exact) mass is 607 g/mol. The number of carbonyl (C=O) groups is 1. The Morgan fingerprint density at radius 2 is 1.98 bits per heavy atom. The maximum Gasteiger partial charge on any atom is 0.298 e. The fraction of sp³-hybridized carbons (Fsp3) is 0.235. The van der Waals surface area contributed by atoms with Crippen LogP contribution in [-0.4, -0.2) is 34.9 Å². The Morgan fingerprint density at radius 3 is 2.75 bits per heavy atom. The molecule has 1 saturated heterocycles. The number of oxazole rings is 1. The van der Waals surface area contributed by atoms with Crippen molar-refractivity contribution in [2.75, 3.05) is 11.4 Å². The number of nitrogens with zero attached hydrogens (tertiary/aromatic N) is 4. The average Bonchev–Trinajstić information content (AvgIpc) is 3.61. The van der Waals surface area contributed by atoms with E-state index >= 15 is 0 Å². The minimum Gasteiger partial charge on any atom is -0.488 e. The van der Waals surface area contributed by atoms with Gasteiger partial charge in [-0.15, -0.1) is 0 Å². The zero-order chi connectivity index (χ0) is 30.8. The van der Waals surface area contributed by atoms with Gasteiger partial charge in [-0.1, -0.05) is 35.9 Å². The van der Waals surface area contributed by atoms with Crippen LogP contribution in [0.2, 0.25) is 5.02 Å². The normalized spacial score (nSPS) is 16.2. The van der Waals surface area contributed by atoms with Gasteiger partial charge in [0.2, 0.25) is 0 Å². The molecule has 2 aromatic heterocycles. The molecule has 0 amide bonds. The molecule has 3 heterocycles. The number of fused-ring (bicyclic) bond motifs is 1. The van der Waals surface area contributed by atoms with E-state index in [0.29, 0.717) is 45.5 Å². The van der Waals surface area contributed by atoms with Gasteiger partial charge in [0, 0.05) is 42.7 Å². The molecule has 2 N–H and O–H groups in total. The Labute approximate surface area is 259 Å². The molecule has 10 heteroatoms. The highest BCUT2D eigenvalue weighted by atomic mass is 35.5. The molecule has 0 bridgehead atoms. The topological polar surface area (TPSA) is 128 Å². The highest BCUT2D eigenvalue weighted by Gasteiger charge is 2.30. The first kappa shape index (κ1) is 29.2. The van der Waals surface area contributed by atoms with Crippen molar-refractivity contribution >= 4 is 35.0 Å². The summed E-state index contributed by atoms with van der Waals surface area (Å²) < 4.78 is 18.1. The van der Waals surface area contributed by atoms with Gasteiger partial charge in [0.1, 0.15) is 36.3 Å². The van der Waals surface area contributed by atoms with Gasteiger partial charge in [0.15, 0.2) is 11.9 Å². The van der Waals surface area contributed by atoms with E-state index in [1.807, 2.05) is 30.3 Å². The summed E-state index contributed by atoms with van der Waals surface area (Å²) in [6, 6.07) is 19.9. The molecule has 6 rings (SSSR count). The van der Waals surface area contributed by atoms with E-state index in [1.54, 1.807) is 18.3 Å². The van der Waals surface area contributed by atoms with Crippen LogP contribution in [0.4, 0.5) is 6.01 Å². The van der Waals surface area contributed by atoms with Crippen molar-refractivity contribution in [2.24, 2.45) is 5.73 Å². The van der Waals surface area contributed by atoms with E-state index < -0.39 is 0 Å². The molecule has 0 spiro atoms. The van der Waals surface area contributed by atoms with Crippen molar-refractivity contribution in [1.82, 2.24) is 9.97 Å². The summed E-state index contributed by atoms with van der Waals surface area (Å²) in [5, 5.41) is 9.42. The lowest BCUT2D eigenvalue weighted by Crippen LogP contribution is -2.29. The minimum atomic E-state index is 0.116. The van der Waals surface area contributed by atoms with Crippen molar-refractivity contribution < 1.29 is 18.7 Å². The van der Waals surface area contributed by atoms with Crippen LogP contribution in [0.3, 0.4) is 0 Å². The summed E-state index contributed by atoms with van der Waals surface area (Å²) in [6.07, 6.45) is 4.67. The lowest BCUT2D eigenvalue weighted by atomic mass is 9.96. The van der Waals surface area contributed by atoms with Gasteiger partial charge in [-0.2, -0.15) is 10.2 Å². The zero-order valence-corrected chi connectivity index (χ0v) is 25.0. The van der Waals surface area contributed by atoms with Crippen molar-refractivity contribution in [3.63, 3.8) is 0 Å². The number of halogens is 1. The summed E-state index contributed by atoms with van der Waals surface area (Å²) in [6.45, 7) is 5.28. The Bertz CT molecular complexity index is 1900. The maximum atomic E-state index is 11.7. The first-order valence-electron chi connectivity index (χ1n) is 14.2. The summed E-state index contributed by atoms with van der Waals surface area (Å²) >= 11 is 6.48. The molecule has 0 unspecified atom stereocenters. The lowest BCUT2D eigenvalue weighted by molar-refractivity contribution is 0.111. The third-order valence-electron chi connectivity index (χ3n) is 7.88. The van der Waals surface area contributed by atoms with Crippen molar-refractivity contribution in [3.05, 3.63) is 99.8 Å². The van der Waals surface area contributed by atoms with Gasteiger partial charge in [-0.25, -0.2) is 0 Å². The van der Waals surface area contributed by atoms with Gasteiger partial charge in [0.05, 0.1) is 16.1 Å². The number of pyridine rings is 1. The van der Waals surface area contributed by atoms with Crippen LogP contribution in [0, 0.1) is 18.3 Å². The van der Waals surface area contributed by atoms with Crippen LogP contribution >= 0.6 is 11.6 Å². The molecule has 44 heavy (non-hydrogen) atoms. The predicted octanol–water partition coefficient (Wildman–Crippen LogP) is 6.62. The Morgan fingerprint density at radius 1 is 1.14 bits per heavy atom. The standard InChI is InChI=1S/C34H30ClN5O4/c1-20-8-27(37)16-40(20)34-39-30-11-24(6-7-31(30)44-34)28-5-3-4-25(21(28)2)19-43-33-12-32(26(17-41)10-29(33)35)42-18-23-9-22(13-36)14-38-15-23/h3-7,9-12,14-15,17,20,27H,8,16,18-19,37H2,1-2H3/t20-,27+/m1/s1. The van der Waals surface area contributed by atoms with Crippen molar-refractivity contribution in [3.8, 4) is 28.7 Å². The second kappa shape index (κ2) is 12.4. The van der Waals surface area contributed by atoms with E-state index in [-0.39, 0.29) is 25.3 Å². The van der Waals surface area contributed by atoms with E-state index in [1.165, 1.54) is 12.3 Å². The molecular weight excluding hydrogens is 578 g/mol. The smallest absolute Gasteiger partial charge is 0.298 e. The average molecular weight is 608 g/mol. The number of hydrogen-bond donors (Lipinski definition) is 1. The third-order valence-corrected chi connectivity index (χ3v) is 8.17. The summed E-state index contributed by atoms with van der Waals surface area (Å²) in [4.78, 5) is 22.7. The highest BCUT2D eigenvalue weighted by molar-refractivity contribution is 6.32. The second-order valence-corrected chi connectivity index (χ2v) is 11.4. The number of rotatable bonds is 9. The van der Waals surface area contributed by atoms with Gasteiger partial charge >= 0.3 is 0 Å². The Hall–Kier alpha value is -4.91. The minimum absolute atomic E-state index is 0.116. The van der Waals surface area contributed by atoms with E-state index in [9.17, 15) is 4.79 Å². The van der Waals surface area contributed by atoms with Crippen LogP contribution in [0.15, 0.2) is 71.4 Å². The first-order valence-corrected chi connectivity index (χ1v) is 14.6. The van der Waals surface area contributed by atoms with Gasteiger partial charge in [-0.3, -0.25) is 9.78 Å². The quantitative estimate of drug-likeness (QED) is 0.184. The van der Waals surface area contributed by atoms with Crippen molar-refractivity contribution in [2.45, 2.75) is 45.6 Å².